The molecule has 1 amide bonds. The number of halogens is 1. The highest BCUT2D eigenvalue weighted by molar-refractivity contribution is 9.10. The van der Waals surface area contributed by atoms with Crippen LogP contribution < -0.4 is 10.1 Å². The van der Waals surface area contributed by atoms with Crippen LogP contribution in [0.5, 0.6) is 5.75 Å². The summed E-state index contributed by atoms with van der Waals surface area (Å²) >= 11 is 3.40. The molecule has 134 valence electrons. The molecule has 0 aliphatic heterocycles. The van der Waals surface area contributed by atoms with Gasteiger partial charge in [0.2, 0.25) is 11.7 Å². The van der Waals surface area contributed by atoms with Crippen LogP contribution in [-0.2, 0) is 17.8 Å². The van der Waals surface area contributed by atoms with Crippen molar-refractivity contribution in [3.8, 4) is 17.1 Å². The number of benzene rings is 2. The maximum atomic E-state index is 11.9. The molecule has 0 fully saturated rings. The van der Waals surface area contributed by atoms with E-state index in [0.717, 1.165) is 16.5 Å². The molecule has 0 saturated heterocycles. The average molecular weight is 416 g/mol. The minimum Gasteiger partial charge on any atom is -0.484 e. The average Bonchev–Trinajstić information content (AvgIpc) is 3.14. The van der Waals surface area contributed by atoms with Crippen molar-refractivity contribution in [2.24, 2.45) is 0 Å². The summed E-state index contributed by atoms with van der Waals surface area (Å²) in [7, 11) is 0. The lowest BCUT2D eigenvalue weighted by atomic mass is 10.2. The lowest BCUT2D eigenvalue weighted by Crippen LogP contribution is -2.28. The molecule has 1 aromatic heterocycles. The number of aromatic nitrogens is 2. The SMILES string of the molecule is CCc1ccc(OCC(=O)NCc2nc(-c3cccc(Br)c3)no2)cc1. The number of carbonyl (C=O) groups excluding carboxylic acids is 1. The van der Waals surface area contributed by atoms with Gasteiger partial charge in [-0.05, 0) is 36.2 Å². The molecular weight excluding hydrogens is 398 g/mol. The largest absolute Gasteiger partial charge is 0.484 e. The number of nitrogens with one attached hydrogen (secondary N) is 1. The Morgan fingerprint density at radius 2 is 2.04 bits per heavy atom. The normalized spacial score (nSPS) is 10.5. The fourth-order valence-corrected chi connectivity index (χ4v) is 2.67. The smallest absolute Gasteiger partial charge is 0.258 e. The van der Waals surface area contributed by atoms with Crippen LogP contribution in [0, 0.1) is 0 Å². The standard InChI is InChI=1S/C19H18BrN3O3/c1-2-13-6-8-16(9-7-13)25-12-17(24)21-11-18-22-19(23-26-18)14-4-3-5-15(20)10-14/h3-10H,2,11-12H2,1H3,(H,21,24). The molecule has 6 nitrogen and oxygen atoms in total. The summed E-state index contributed by atoms with van der Waals surface area (Å²) in [6.07, 6.45) is 0.965. The lowest BCUT2D eigenvalue weighted by Gasteiger charge is -2.06. The summed E-state index contributed by atoms with van der Waals surface area (Å²) in [5.41, 5.74) is 2.05. The van der Waals surface area contributed by atoms with Gasteiger partial charge in [-0.3, -0.25) is 4.79 Å². The summed E-state index contributed by atoms with van der Waals surface area (Å²) < 4.78 is 11.6. The van der Waals surface area contributed by atoms with Gasteiger partial charge >= 0.3 is 0 Å². The first kappa shape index (κ1) is 18.1. The van der Waals surface area contributed by atoms with Crippen LogP contribution in [0.1, 0.15) is 18.4 Å². The van der Waals surface area contributed by atoms with Gasteiger partial charge in [0, 0.05) is 10.0 Å². The lowest BCUT2D eigenvalue weighted by molar-refractivity contribution is -0.123. The topological polar surface area (TPSA) is 77.2 Å². The number of ether oxygens (including phenoxy) is 1. The molecule has 0 aliphatic rings. The van der Waals surface area contributed by atoms with E-state index in [1.54, 1.807) is 0 Å². The quantitative estimate of drug-likeness (QED) is 0.635. The van der Waals surface area contributed by atoms with E-state index < -0.39 is 0 Å². The molecule has 0 atom stereocenters. The van der Waals surface area contributed by atoms with Gasteiger partial charge in [-0.2, -0.15) is 4.98 Å². The van der Waals surface area contributed by atoms with Crippen LogP contribution >= 0.6 is 15.9 Å². The van der Waals surface area contributed by atoms with Crippen LogP contribution in [0.4, 0.5) is 0 Å². The second-order valence-corrected chi connectivity index (χ2v) is 6.50. The molecular formula is C19H18BrN3O3. The highest BCUT2D eigenvalue weighted by Gasteiger charge is 2.10. The van der Waals surface area contributed by atoms with Crippen molar-refractivity contribution in [1.82, 2.24) is 15.5 Å². The van der Waals surface area contributed by atoms with Crippen molar-refractivity contribution in [2.75, 3.05) is 6.61 Å². The second kappa shape index (κ2) is 8.62. The Balaban J connectivity index is 1.48. The highest BCUT2D eigenvalue weighted by Crippen LogP contribution is 2.20. The van der Waals surface area contributed by atoms with E-state index in [0.29, 0.717) is 17.5 Å². The molecule has 3 aromatic rings. The van der Waals surface area contributed by atoms with E-state index in [1.165, 1.54) is 5.56 Å². The third-order valence-corrected chi connectivity index (χ3v) is 4.18. The van der Waals surface area contributed by atoms with Gasteiger partial charge in [-0.15, -0.1) is 0 Å². The monoisotopic (exact) mass is 415 g/mol. The zero-order valence-electron chi connectivity index (χ0n) is 14.2. The molecule has 7 heteroatoms. The number of hydrogen-bond donors (Lipinski definition) is 1. The molecule has 1 heterocycles. The Labute approximate surface area is 159 Å². The predicted octanol–water partition coefficient (Wildman–Crippen LogP) is 3.76. The van der Waals surface area contributed by atoms with Crippen LogP contribution in [0.3, 0.4) is 0 Å². The van der Waals surface area contributed by atoms with Crippen molar-refractivity contribution in [3.05, 3.63) is 64.5 Å². The van der Waals surface area contributed by atoms with Gasteiger partial charge in [-0.25, -0.2) is 0 Å². The van der Waals surface area contributed by atoms with E-state index >= 15 is 0 Å². The van der Waals surface area contributed by atoms with E-state index in [2.05, 4.69) is 38.3 Å². The van der Waals surface area contributed by atoms with Crippen molar-refractivity contribution in [2.45, 2.75) is 19.9 Å². The molecule has 0 radical (unpaired) electrons. The second-order valence-electron chi connectivity index (χ2n) is 5.58. The first-order chi connectivity index (χ1) is 12.6. The molecule has 0 bridgehead atoms. The Morgan fingerprint density at radius 1 is 1.23 bits per heavy atom. The first-order valence-electron chi connectivity index (χ1n) is 8.21. The van der Waals surface area contributed by atoms with Crippen molar-refractivity contribution >= 4 is 21.8 Å². The van der Waals surface area contributed by atoms with Gasteiger partial charge < -0.3 is 14.6 Å². The van der Waals surface area contributed by atoms with Crippen molar-refractivity contribution in [1.29, 1.82) is 0 Å². The molecule has 26 heavy (non-hydrogen) atoms. The van der Waals surface area contributed by atoms with Crippen LogP contribution in [-0.4, -0.2) is 22.7 Å². The third-order valence-electron chi connectivity index (χ3n) is 3.69. The van der Waals surface area contributed by atoms with Crippen LogP contribution in [0.15, 0.2) is 57.5 Å². The van der Waals surface area contributed by atoms with Gasteiger partial charge in [0.1, 0.15) is 5.75 Å². The molecule has 0 spiro atoms. The number of amides is 1. The van der Waals surface area contributed by atoms with Gasteiger partial charge in [-0.1, -0.05) is 52.3 Å². The van der Waals surface area contributed by atoms with Crippen LogP contribution in [0.25, 0.3) is 11.4 Å². The third kappa shape index (κ3) is 4.92. The summed E-state index contributed by atoms with van der Waals surface area (Å²) in [6.45, 7) is 2.17. The minimum absolute atomic E-state index is 0.0713. The molecule has 2 aromatic carbocycles. The number of hydrogen-bond acceptors (Lipinski definition) is 5. The first-order valence-corrected chi connectivity index (χ1v) is 9.00. The maximum absolute atomic E-state index is 11.9. The summed E-state index contributed by atoms with van der Waals surface area (Å²) in [4.78, 5) is 16.2. The Bertz CT molecular complexity index is 878. The molecule has 0 unspecified atom stereocenters. The maximum Gasteiger partial charge on any atom is 0.258 e. The minimum atomic E-state index is -0.258. The Kier molecular flexibility index (Phi) is 6.01. The fourth-order valence-electron chi connectivity index (χ4n) is 2.27. The van der Waals surface area contributed by atoms with Gasteiger partial charge in [0.15, 0.2) is 6.61 Å². The number of aryl methyl sites for hydroxylation is 1. The Morgan fingerprint density at radius 3 is 2.77 bits per heavy atom. The van der Waals surface area contributed by atoms with E-state index in [-0.39, 0.29) is 19.1 Å². The van der Waals surface area contributed by atoms with Crippen molar-refractivity contribution < 1.29 is 14.1 Å². The number of rotatable bonds is 7. The molecule has 1 N–H and O–H groups in total. The zero-order valence-corrected chi connectivity index (χ0v) is 15.8. The van der Waals surface area contributed by atoms with E-state index in [9.17, 15) is 4.79 Å². The summed E-state index contributed by atoms with van der Waals surface area (Å²) in [5, 5.41) is 6.62. The summed E-state index contributed by atoms with van der Waals surface area (Å²) in [6, 6.07) is 15.3. The highest BCUT2D eigenvalue weighted by atomic mass is 79.9. The molecule has 0 aliphatic carbocycles. The van der Waals surface area contributed by atoms with E-state index in [4.69, 9.17) is 9.26 Å². The van der Waals surface area contributed by atoms with Crippen molar-refractivity contribution in [3.63, 3.8) is 0 Å². The van der Waals surface area contributed by atoms with Crippen LogP contribution in [0.2, 0.25) is 0 Å². The van der Waals surface area contributed by atoms with Gasteiger partial charge in [0.05, 0.1) is 6.54 Å². The molecule has 3 rings (SSSR count). The number of carbonyl (C=O) groups is 1. The fraction of sp³-hybridized carbons (Fsp3) is 0.211. The number of nitrogens with zero attached hydrogens (tertiary/aromatic N) is 2. The van der Waals surface area contributed by atoms with Gasteiger partial charge in [0.25, 0.3) is 5.91 Å². The van der Waals surface area contributed by atoms with E-state index in [1.807, 2.05) is 48.5 Å². The predicted molar refractivity (Wildman–Crippen MR) is 101 cm³/mol. The molecule has 0 saturated carbocycles. The Hall–Kier alpha value is -2.67. The zero-order chi connectivity index (χ0) is 18.4. The summed E-state index contributed by atoms with van der Waals surface area (Å²) in [5.74, 6) is 1.21.